The van der Waals surface area contributed by atoms with Gasteiger partial charge in [0.15, 0.2) is 4.21 Å². The Morgan fingerprint density at radius 3 is 2.67 bits per heavy atom. The van der Waals surface area contributed by atoms with Crippen LogP contribution in [0.1, 0.15) is 5.56 Å². The van der Waals surface area contributed by atoms with Gasteiger partial charge in [-0.25, -0.2) is 8.42 Å². The minimum Gasteiger partial charge on any atom is -0.399 e. The van der Waals surface area contributed by atoms with Crippen LogP contribution in [0.2, 0.25) is 0 Å². The predicted octanol–water partition coefficient (Wildman–Crippen LogP) is 3.20. The van der Waals surface area contributed by atoms with Crippen molar-refractivity contribution in [1.82, 2.24) is 0 Å². The summed E-state index contributed by atoms with van der Waals surface area (Å²) in [4.78, 5) is 0. The van der Waals surface area contributed by atoms with Crippen molar-refractivity contribution in [3.05, 3.63) is 39.7 Å². The third-order valence-corrected chi connectivity index (χ3v) is 6.37. The number of nitrogen functional groups attached to an aromatic ring is 1. The summed E-state index contributed by atoms with van der Waals surface area (Å²) in [6.45, 7) is 1.82. The summed E-state index contributed by atoms with van der Waals surface area (Å²) < 4.78 is 27.7. The number of aryl methyl sites for hydroxylation is 1. The number of nitrogens with two attached hydrogens (primary N) is 1. The molecule has 0 saturated carbocycles. The van der Waals surface area contributed by atoms with Crippen LogP contribution in [-0.4, -0.2) is 8.42 Å². The lowest BCUT2D eigenvalue weighted by Crippen LogP contribution is -2.13. The van der Waals surface area contributed by atoms with Crippen LogP contribution in [0.4, 0.5) is 11.4 Å². The molecule has 0 amide bonds. The normalized spacial score (nSPS) is 11.4. The van der Waals surface area contributed by atoms with Crippen molar-refractivity contribution < 1.29 is 8.42 Å². The van der Waals surface area contributed by atoms with E-state index in [4.69, 9.17) is 5.73 Å². The van der Waals surface area contributed by atoms with E-state index in [0.29, 0.717) is 15.8 Å². The Kier molecular flexibility index (Phi) is 3.65. The molecule has 2 aromatic rings. The average Bonchev–Trinajstić information content (AvgIpc) is 2.70. The highest BCUT2D eigenvalue weighted by atomic mass is 79.9. The van der Waals surface area contributed by atoms with Gasteiger partial charge in [-0.2, -0.15) is 0 Å². The van der Waals surface area contributed by atoms with Crippen LogP contribution in [0, 0.1) is 6.92 Å². The van der Waals surface area contributed by atoms with E-state index in [2.05, 4.69) is 20.7 Å². The maximum Gasteiger partial charge on any atom is 0.272 e. The van der Waals surface area contributed by atoms with Crippen LogP contribution < -0.4 is 10.5 Å². The molecule has 0 aliphatic heterocycles. The Labute approximate surface area is 118 Å². The molecule has 1 heterocycles. The number of anilines is 2. The van der Waals surface area contributed by atoms with Crippen molar-refractivity contribution in [3.8, 4) is 0 Å². The highest BCUT2D eigenvalue weighted by molar-refractivity contribution is 9.10. The molecule has 0 saturated heterocycles. The number of thiophene rings is 1. The lowest BCUT2D eigenvalue weighted by Gasteiger charge is -2.10. The molecule has 0 aliphatic rings. The molecule has 0 unspecified atom stereocenters. The van der Waals surface area contributed by atoms with E-state index >= 15 is 0 Å². The maximum absolute atomic E-state index is 12.2. The van der Waals surface area contributed by atoms with Crippen LogP contribution in [-0.2, 0) is 10.0 Å². The zero-order valence-corrected chi connectivity index (χ0v) is 12.7. The molecular weight excluding hydrogens is 336 g/mol. The molecule has 4 nitrogen and oxygen atoms in total. The highest BCUT2D eigenvalue weighted by Crippen LogP contribution is 2.30. The third kappa shape index (κ3) is 2.68. The molecule has 1 aromatic carbocycles. The fourth-order valence-electron chi connectivity index (χ4n) is 1.41. The summed E-state index contributed by atoms with van der Waals surface area (Å²) in [5.41, 5.74) is 7.49. The smallest absolute Gasteiger partial charge is 0.272 e. The standard InChI is InChI=1S/C11H11BrN2O2S2/c1-7-2-3-8(13)6-10(7)14-18(15,16)11-9(12)4-5-17-11/h2-6,14H,13H2,1H3. The van der Waals surface area contributed by atoms with Gasteiger partial charge in [0.25, 0.3) is 10.0 Å². The van der Waals surface area contributed by atoms with Gasteiger partial charge >= 0.3 is 0 Å². The van der Waals surface area contributed by atoms with Crippen molar-refractivity contribution >= 4 is 48.7 Å². The molecule has 0 atom stereocenters. The number of hydrogen-bond acceptors (Lipinski definition) is 4. The van der Waals surface area contributed by atoms with E-state index in [1.165, 1.54) is 0 Å². The van der Waals surface area contributed by atoms with Gasteiger partial charge in [0.05, 0.1) is 5.69 Å². The molecule has 0 fully saturated rings. The van der Waals surface area contributed by atoms with Crippen LogP contribution in [0.25, 0.3) is 0 Å². The first-order valence-electron chi connectivity index (χ1n) is 5.02. The van der Waals surface area contributed by atoms with Gasteiger partial charge in [0.2, 0.25) is 0 Å². The van der Waals surface area contributed by atoms with Crippen LogP contribution >= 0.6 is 27.3 Å². The number of halogens is 1. The zero-order chi connectivity index (χ0) is 13.3. The second kappa shape index (κ2) is 4.91. The topological polar surface area (TPSA) is 72.2 Å². The van der Waals surface area contributed by atoms with E-state index in [-0.39, 0.29) is 4.21 Å². The Bertz CT molecular complexity index is 680. The molecule has 3 N–H and O–H groups in total. The molecule has 7 heteroatoms. The lowest BCUT2D eigenvalue weighted by molar-refractivity contribution is 0.603. The van der Waals surface area contributed by atoms with Crippen molar-refractivity contribution in [2.24, 2.45) is 0 Å². The summed E-state index contributed by atoms with van der Waals surface area (Å²) in [6.07, 6.45) is 0. The van der Waals surface area contributed by atoms with Gasteiger partial charge in [-0.3, -0.25) is 4.72 Å². The molecule has 18 heavy (non-hydrogen) atoms. The lowest BCUT2D eigenvalue weighted by atomic mass is 10.2. The third-order valence-electron chi connectivity index (χ3n) is 2.33. The van der Waals surface area contributed by atoms with Crippen LogP contribution in [0.5, 0.6) is 0 Å². The van der Waals surface area contributed by atoms with E-state index in [0.717, 1.165) is 16.9 Å². The fourth-order valence-corrected chi connectivity index (χ4v) is 4.87. The first-order chi connectivity index (χ1) is 8.40. The van der Waals surface area contributed by atoms with Crippen molar-refractivity contribution in [1.29, 1.82) is 0 Å². The van der Waals surface area contributed by atoms with Gasteiger partial charge < -0.3 is 5.73 Å². The van der Waals surface area contributed by atoms with Gasteiger partial charge in [0, 0.05) is 10.2 Å². The fraction of sp³-hybridized carbons (Fsp3) is 0.0909. The number of sulfonamides is 1. The summed E-state index contributed by atoms with van der Waals surface area (Å²) in [6, 6.07) is 6.81. The predicted molar refractivity (Wildman–Crippen MR) is 78.4 cm³/mol. The van der Waals surface area contributed by atoms with Crippen molar-refractivity contribution in [3.63, 3.8) is 0 Å². The highest BCUT2D eigenvalue weighted by Gasteiger charge is 2.19. The molecule has 1 aromatic heterocycles. The summed E-state index contributed by atoms with van der Waals surface area (Å²) >= 11 is 4.37. The summed E-state index contributed by atoms with van der Waals surface area (Å²) in [5, 5.41) is 1.71. The van der Waals surface area contributed by atoms with E-state index in [9.17, 15) is 8.42 Å². The van der Waals surface area contributed by atoms with E-state index < -0.39 is 10.0 Å². The molecule has 2 rings (SSSR count). The minimum absolute atomic E-state index is 0.254. The molecular formula is C11H11BrN2O2S2. The van der Waals surface area contributed by atoms with Gasteiger partial charge in [-0.05, 0) is 52.0 Å². The van der Waals surface area contributed by atoms with Crippen molar-refractivity contribution in [2.45, 2.75) is 11.1 Å². The Morgan fingerprint density at radius 1 is 1.33 bits per heavy atom. The molecule has 96 valence electrons. The number of hydrogen-bond donors (Lipinski definition) is 2. The summed E-state index contributed by atoms with van der Waals surface area (Å²) in [7, 11) is -3.57. The first kappa shape index (κ1) is 13.4. The Morgan fingerprint density at radius 2 is 2.06 bits per heavy atom. The van der Waals surface area contributed by atoms with E-state index in [1.54, 1.807) is 29.6 Å². The van der Waals surface area contributed by atoms with Crippen molar-refractivity contribution in [2.75, 3.05) is 10.5 Å². The molecule has 0 spiro atoms. The van der Waals surface area contributed by atoms with Gasteiger partial charge in [-0.15, -0.1) is 11.3 Å². The second-order valence-electron chi connectivity index (χ2n) is 3.74. The zero-order valence-electron chi connectivity index (χ0n) is 9.48. The number of rotatable bonds is 3. The number of nitrogens with one attached hydrogen (secondary N) is 1. The largest absolute Gasteiger partial charge is 0.399 e. The Balaban J connectivity index is 2.40. The molecule has 0 bridgehead atoms. The van der Waals surface area contributed by atoms with E-state index in [1.807, 2.05) is 6.92 Å². The van der Waals surface area contributed by atoms with Crippen LogP contribution in [0.15, 0.2) is 38.3 Å². The van der Waals surface area contributed by atoms with Crippen LogP contribution in [0.3, 0.4) is 0 Å². The second-order valence-corrected chi connectivity index (χ2v) is 7.38. The van der Waals surface area contributed by atoms with Gasteiger partial charge in [-0.1, -0.05) is 6.07 Å². The first-order valence-corrected chi connectivity index (χ1v) is 8.17. The Hall–Kier alpha value is -1.05. The SMILES string of the molecule is Cc1ccc(N)cc1NS(=O)(=O)c1sccc1Br. The monoisotopic (exact) mass is 346 g/mol. The summed E-state index contributed by atoms with van der Waals surface area (Å²) in [5.74, 6) is 0. The molecule has 0 aliphatic carbocycles. The quantitative estimate of drug-likeness (QED) is 0.838. The maximum atomic E-state index is 12.2. The minimum atomic E-state index is -3.57. The molecule has 0 radical (unpaired) electrons. The number of benzene rings is 1. The van der Waals surface area contributed by atoms with Gasteiger partial charge in [0.1, 0.15) is 0 Å². The average molecular weight is 347 g/mol.